The van der Waals surface area contributed by atoms with Crippen molar-refractivity contribution in [3.63, 3.8) is 0 Å². The van der Waals surface area contributed by atoms with E-state index in [0.717, 1.165) is 29.3 Å². The maximum absolute atomic E-state index is 15.2. The van der Waals surface area contributed by atoms with Crippen molar-refractivity contribution in [1.29, 1.82) is 5.26 Å². The number of hydrogen-bond donors (Lipinski definition) is 1. The molecule has 0 saturated carbocycles. The van der Waals surface area contributed by atoms with Gasteiger partial charge < -0.3 is 29.2 Å². The summed E-state index contributed by atoms with van der Waals surface area (Å²) in [5.74, 6) is -4.27. The number of nitriles is 1. The number of amides is 2. The Morgan fingerprint density at radius 3 is 2.20 bits per heavy atom. The first kappa shape index (κ1) is 39.5. The Labute approximate surface area is 286 Å². The molecule has 0 bridgehead atoms. The van der Waals surface area contributed by atoms with Crippen LogP contribution in [0.5, 0.6) is 5.88 Å². The van der Waals surface area contributed by atoms with Crippen LogP contribution in [0.2, 0.25) is 0 Å². The molecule has 1 fully saturated rings. The molecule has 1 atom stereocenters. The fourth-order valence-electron chi connectivity index (χ4n) is 4.49. The van der Waals surface area contributed by atoms with Crippen molar-refractivity contribution in [2.24, 2.45) is 5.41 Å². The monoisotopic (exact) mass is 715 g/mol. The topological polar surface area (TPSA) is 126 Å². The molecule has 1 aromatic heterocycles. The van der Waals surface area contributed by atoms with Gasteiger partial charge in [-0.2, -0.15) is 18.4 Å². The van der Waals surface area contributed by atoms with E-state index in [2.05, 4.69) is 10.3 Å². The van der Waals surface area contributed by atoms with Crippen molar-refractivity contribution >= 4 is 40.5 Å². The van der Waals surface area contributed by atoms with Gasteiger partial charge in [-0.3, -0.25) is 14.5 Å². The maximum atomic E-state index is 15.2. The third-order valence-corrected chi connectivity index (χ3v) is 7.97. The quantitative estimate of drug-likeness (QED) is 0.150. The predicted molar refractivity (Wildman–Crippen MR) is 172 cm³/mol. The van der Waals surface area contributed by atoms with Gasteiger partial charge in [-0.05, 0) is 50.5 Å². The van der Waals surface area contributed by atoms with Gasteiger partial charge in [0, 0.05) is 12.1 Å². The van der Waals surface area contributed by atoms with Gasteiger partial charge in [0.25, 0.3) is 11.8 Å². The zero-order valence-corrected chi connectivity index (χ0v) is 28.7. The molecule has 0 aliphatic carbocycles. The number of thiocarbonyl (C=S) groups is 1. The number of halogens is 5. The zero-order chi connectivity index (χ0) is 36.7. The van der Waals surface area contributed by atoms with Gasteiger partial charge in [0.15, 0.2) is 16.7 Å². The van der Waals surface area contributed by atoms with E-state index in [0.29, 0.717) is 4.90 Å². The van der Waals surface area contributed by atoms with E-state index in [4.69, 9.17) is 36.4 Å². The molecule has 2 amide bonds. The molecular weight excluding hydrogens is 677 g/mol. The summed E-state index contributed by atoms with van der Waals surface area (Å²) in [7, 11) is 0. The standard InChI is InChI=1S/C32H38F5N5O6S/c1-19(30(2,3)4)40-24(43)18-47-12-11-45-9-10-46-13-14-48-27-22(33)15-21(17-39-27)42-29(49)41(28(44)31(42,5)6)23-8-7-20(16-38)25(26(23)34)32(35,36)37/h7-8,15,17,19H,9-14,18H2,1-6H3,(H,40,43)/t19-/m1/s1. The molecule has 2 heterocycles. The number of nitrogens with one attached hydrogen (secondary N) is 1. The van der Waals surface area contributed by atoms with Gasteiger partial charge in [-0.15, -0.1) is 0 Å². The Bertz CT molecular complexity index is 1580. The van der Waals surface area contributed by atoms with Crippen LogP contribution in [-0.4, -0.2) is 79.7 Å². The number of rotatable bonds is 15. The highest BCUT2D eigenvalue weighted by Gasteiger charge is 2.52. The van der Waals surface area contributed by atoms with Gasteiger partial charge in [-0.25, -0.2) is 13.8 Å². The molecule has 1 saturated heterocycles. The van der Waals surface area contributed by atoms with E-state index >= 15 is 8.78 Å². The minimum absolute atomic E-state index is 0.00816. The maximum Gasteiger partial charge on any atom is 0.420 e. The first-order valence-corrected chi connectivity index (χ1v) is 15.5. The number of benzene rings is 1. The molecule has 11 nitrogen and oxygen atoms in total. The Kier molecular flexibility index (Phi) is 13.0. The van der Waals surface area contributed by atoms with Gasteiger partial charge in [-0.1, -0.05) is 20.8 Å². The minimum Gasteiger partial charge on any atom is -0.473 e. The second kappa shape index (κ2) is 16.2. The van der Waals surface area contributed by atoms with Crippen molar-refractivity contribution in [3.05, 3.63) is 47.2 Å². The summed E-state index contributed by atoms with van der Waals surface area (Å²) in [5, 5.41) is 11.5. The van der Waals surface area contributed by atoms with Crippen molar-refractivity contribution in [3.8, 4) is 11.9 Å². The first-order chi connectivity index (χ1) is 22.8. The average Bonchev–Trinajstić information content (AvgIpc) is 3.17. The first-order valence-electron chi connectivity index (χ1n) is 15.1. The van der Waals surface area contributed by atoms with Gasteiger partial charge >= 0.3 is 6.18 Å². The van der Waals surface area contributed by atoms with E-state index in [1.807, 2.05) is 27.7 Å². The molecule has 1 aromatic carbocycles. The lowest BCUT2D eigenvalue weighted by molar-refractivity contribution is -0.140. The molecular formula is C32H38F5N5O6S. The van der Waals surface area contributed by atoms with Crippen LogP contribution in [-0.2, 0) is 30.0 Å². The Morgan fingerprint density at radius 2 is 1.65 bits per heavy atom. The van der Waals surface area contributed by atoms with E-state index in [1.54, 1.807) is 0 Å². The SMILES string of the molecule is C[C@@H](NC(=O)COCCOCCOCCOc1ncc(N2C(=S)N(c3ccc(C#N)c(C(F)(F)F)c3F)C(=O)C2(C)C)cc1F)C(C)(C)C. The number of nitrogens with zero attached hydrogens (tertiary/aromatic N) is 4. The van der Waals surface area contributed by atoms with Crippen LogP contribution in [0.4, 0.5) is 33.3 Å². The third-order valence-electron chi connectivity index (χ3n) is 7.61. The predicted octanol–water partition coefficient (Wildman–Crippen LogP) is 5.15. The van der Waals surface area contributed by atoms with Crippen LogP contribution in [0.25, 0.3) is 0 Å². The second-order valence-electron chi connectivity index (χ2n) is 12.5. The van der Waals surface area contributed by atoms with Crippen LogP contribution in [0.3, 0.4) is 0 Å². The number of ether oxygens (including phenoxy) is 4. The number of anilines is 2. The van der Waals surface area contributed by atoms with Crippen LogP contribution < -0.4 is 19.9 Å². The van der Waals surface area contributed by atoms with Crippen molar-refractivity contribution < 1.29 is 50.5 Å². The lowest BCUT2D eigenvalue weighted by Crippen LogP contribution is -2.44. The summed E-state index contributed by atoms with van der Waals surface area (Å²) in [6.07, 6.45) is -4.08. The van der Waals surface area contributed by atoms with Crippen molar-refractivity contribution in [1.82, 2.24) is 10.3 Å². The molecule has 17 heteroatoms. The Morgan fingerprint density at radius 1 is 1.06 bits per heavy atom. The van der Waals surface area contributed by atoms with Crippen LogP contribution in [0, 0.1) is 28.4 Å². The van der Waals surface area contributed by atoms with E-state index in [-0.39, 0.29) is 75.2 Å². The average molecular weight is 716 g/mol. The summed E-state index contributed by atoms with van der Waals surface area (Å²) in [6, 6.07) is 3.85. The summed E-state index contributed by atoms with van der Waals surface area (Å²) in [6.45, 7) is 11.6. The summed E-state index contributed by atoms with van der Waals surface area (Å²) < 4.78 is 92.4. The Balaban J connectivity index is 1.49. The van der Waals surface area contributed by atoms with Gasteiger partial charge in [0.05, 0.1) is 62.2 Å². The van der Waals surface area contributed by atoms with E-state index < -0.39 is 51.2 Å². The summed E-state index contributed by atoms with van der Waals surface area (Å²) in [4.78, 5) is 30.9. The highest BCUT2D eigenvalue weighted by atomic mass is 32.1. The van der Waals surface area contributed by atoms with Crippen molar-refractivity contribution in [2.45, 2.75) is 59.3 Å². The Hall–Kier alpha value is -3.98. The molecule has 49 heavy (non-hydrogen) atoms. The van der Waals surface area contributed by atoms with Crippen LogP contribution >= 0.6 is 12.2 Å². The highest BCUT2D eigenvalue weighted by molar-refractivity contribution is 7.81. The van der Waals surface area contributed by atoms with Crippen molar-refractivity contribution in [2.75, 3.05) is 56.0 Å². The second-order valence-corrected chi connectivity index (χ2v) is 12.9. The fraction of sp³-hybridized carbons (Fsp3) is 0.531. The van der Waals surface area contributed by atoms with E-state index in [9.17, 15) is 22.8 Å². The van der Waals surface area contributed by atoms with Gasteiger partial charge in [0.2, 0.25) is 5.91 Å². The number of carbonyl (C=O) groups excluding carboxylic acids is 2. The van der Waals surface area contributed by atoms with Gasteiger partial charge in [0.1, 0.15) is 24.3 Å². The third kappa shape index (κ3) is 9.59. The number of pyridine rings is 1. The molecule has 268 valence electrons. The molecule has 0 radical (unpaired) electrons. The number of hydrogen-bond acceptors (Lipinski definition) is 9. The van der Waals surface area contributed by atoms with Crippen LogP contribution in [0.15, 0.2) is 24.4 Å². The summed E-state index contributed by atoms with van der Waals surface area (Å²) in [5.41, 5.74) is -5.31. The molecule has 1 aliphatic heterocycles. The normalized spacial score (nSPS) is 15.4. The largest absolute Gasteiger partial charge is 0.473 e. The number of aromatic nitrogens is 1. The molecule has 1 N–H and O–H groups in total. The lowest BCUT2D eigenvalue weighted by Gasteiger charge is -2.29. The molecule has 2 aromatic rings. The smallest absolute Gasteiger partial charge is 0.420 e. The number of alkyl halides is 3. The lowest BCUT2D eigenvalue weighted by atomic mass is 9.88. The zero-order valence-electron chi connectivity index (χ0n) is 27.9. The molecule has 0 unspecified atom stereocenters. The number of carbonyl (C=O) groups is 2. The molecule has 1 aliphatic rings. The van der Waals surface area contributed by atoms with Crippen LogP contribution in [0.1, 0.15) is 52.7 Å². The highest BCUT2D eigenvalue weighted by Crippen LogP contribution is 2.42. The summed E-state index contributed by atoms with van der Waals surface area (Å²) >= 11 is 5.36. The molecule has 3 rings (SSSR count). The fourth-order valence-corrected chi connectivity index (χ4v) is 5.01. The minimum atomic E-state index is -5.23. The molecule has 0 spiro atoms. The van der Waals surface area contributed by atoms with E-state index in [1.165, 1.54) is 19.9 Å².